The van der Waals surface area contributed by atoms with Crippen LogP contribution in [0.4, 0.5) is 0 Å². The van der Waals surface area contributed by atoms with Crippen LogP contribution in [0.15, 0.2) is 39.9 Å². The molecular weight excluding hydrogens is 374 g/mol. The first kappa shape index (κ1) is 18.0. The number of aromatic nitrogens is 5. The van der Waals surface area contributed by atoms with Crippen molar-refractivity contribution in [3.8, 4) is 11.6 Å². The highest BCUT2D eigenvalue weighted by atomic mass is 16.5. The summed E-state index contributed by atoms with van der Waals surface area (Å²) in [4.78, 5) is 22.1. The fourth-order valence-electron chi connectivity index (χ4n) is 4.12. The second-order valence-corrected chi connectivity index (χ2v) is 7.41. The molecule has 1 aliphatic carbocycles. The Morgan fingerprint density at radius 2 is 2.00 bits per heavy atom. The monoisotopic (exact) mass is 395 g/mol. The van der Waals surface area contributed by atoms with Crippen molar-refractivity contribution in [3.63, 3.8) is 0 Å². The first-order chi connectivity index (χ1) is 14.1. The first-order valence-electron chi connectivity index (χ1n) is 9.67. The molecule has 150 valence electrons. The summed E-state index contributed by atoms with van der Waals surface area (Å²) in [7, 11) is 1.60. The minimum atomic E-state index is -1.07. The quantitative estimate of drug-likeness (QED) is 0.551. The average molecular weight is 395 g/mol. The first-order valence-corrected chi connectivity index (χ1v) is 9.67. The predicted octanol–water partition coefficient (Wildman–Crippen LogP) is 2.11. The van der Waals surface area contributed by atoms with E-state index in [1.54, 1.807) is 22.4 Å². The summed E-state index contributed by atoms with van der Waals surface area (Å²) in [5.41, 5.74) is 1.01. The zero-order valence-corrected chi connectivity index (χ0v) is 16.0. The summed E-state index contributed by atoms with van der Waals surface area (Å²) >= 11 is 0. The minimum Gasteiger partial charge on any atom is -0.383 e. The van der Waals surface area contributed by atoms with Crippen molar-refractivity contribution >= 4 is 16.6 Å². The van der Waals surface area contributed by atoms with Crippen LogP contribution >= 0.6 is 0 Å². The van der Waals surface area contributed by atoms with E-state index >= 15 is 0 Å². The van der Waals surface area contributed by atoms with Crippen molar-refractivity contribution < 1.29 is 14.4 Å². The topological polar surface area (TPSA) is 108 Å². The number of methoxy groups -OCH3 is 1. The number of ether oxygens (including phenoxy) is 1. The molecule has 1 saturated carbocycles. The highest BCUT2D eigenvalue weighted by molar-refractivity contribution is 5.83. The van der Waals surface area contributed by atoms with Gasteiger partial charge in [0.25, 0.3) is 11.4 Å². The Morgan fingerprint density at radius 3 is 2.76 bits per heavy atom. The molecule has 1 aliphatic rings. The van der Waals surface area contributed by atoms with Crippen molar-refractivity contribution in [3.05, 3.63) is 46.8 Å². The van der Waals surface area contributed by atoms with Crippen LogP contribution < -0.4 is 5.56 Å². The molecule has 1 aromatic carbocycles. The standard InChI is InChI=1S/C20H21N5O4/c1-28-11-10-24-13-6-2-3-7-14(13)25-12-21-15(16(25)18(24)26)17-22-19(23-29-17)20(27)8-4-5-9-20/h2-3,6-7,12,27H,4-5,8-11H2,1H3. The van der Waals surface area contributed by atoms with Gasteiger partial charge < -0.3 is 18.9 Å². The number of aliphatic hydroxyl groups is 1. The molecule has 0 radical (unpaired) electrons. The predicted molar refractivity (Wildman–Crippen MR) is 104 cm³/mol. The normalized spacial score (nSPS) is 16.2. The lowest BCUT2D eigenvalue weighted by molar-refractivity contribution is 0.0328. The van der Waals surface area contributed by atoms with E-state index in [4.69, 9.17) is 9.26 Å². The molecule has 0 atom stereocenters. The zero-order valence-electron chi connectivity index (χ0n) is 16.0. The molecule has 29 heavy (non-hydrogen) atoms. The fourth-order valence-corrected chi connectivity index (χ4v) is 4.12. The molecule has 5 rings (SSSR count). The summed E-state index contributed by atoms with van der Waals surface area (Å²) in [6.45, 7) is 0.813. The highest BCUT2D eigenvalue weighted by Crippen LogP contribution is 2.37. The van der Waals surface area contributed by atoms with Gasteiger partial charge in [0.1, 0.15) is 17.4 Å². The average Bonchev–Trinajstić information content (AvgIpc) is 3.47. The summed E-state index contributed by atoms with van der Waals surface area (Å²) < 4.78 is 14.0. The van der Waals surface area contributed by atoms with Crippen molar-refractivity contribution in [2.24, 2.45) is 0 Å². The van der Waals surface area contributed by atoms with E-state index in [1.807, 2.05) is 24.3 Å². The molecule has 3 heterocycles. The van der Waals surface area contributed by atoms with Gasteiger partial charge in [-0.15, -0.1) is 0 Å². The number of benzene rings is 1. The Kier molecular flexibility index (Phi) is 4.21. The third kappa shape index (κ3) is 2.77. The maximum absolute atomic E-state index is 13.3. The molecule has 0 bridgehead atoms. The van der Waals surface area contributed by atoms with Crippen LogP contribution in [0.1, 0.15) is 31.5 Å². The van der Waals surface area contributed by atoms with Gasteiger partial charge in [-0.05, 0) is 37.8 Å². The molecule has 1 fully saturated rings. The van der Waals surface area contributed by atoms with Crippen LogP contribution in [0.5, 0.6) is 0 Å². The van der Waals surface area contributed by atoms with Gasteiger partial charge in [0.15, 0.2) is 5.69 Å². The third-order valence-electron chi connectivity index (χ3n) is 5.64. The van der Waals surface area contributed by atoms with Crippen molar-refractivity contribution in [1.29, 1.82) is 0 Å². The number of hydrogen-bond donors (Lipinski definition) is 1. The molecule has 0 amide bonds. The van der Waals surface area contributed by atoms with E-state index in [9.17, 15) is 9.90 Å². The Morgan fingerprint density at radius 1 is 1.24 bits per heavy atom. The van der Waals surface area contributed by atoms with Crippen molar-refractivity contribution in [2.75, 3.05) is 13.7 Å². The van der Waals surface area contributed by atoms with E-state index in [-0.39, 0.29) is 17.3 Å². The lowest BCUT2D eigenvalue weighted by atomic mass is 10.0. The second kappa shape index (κ2) is 6.78. The molecule has 0 spiro atoms. The number of imidazole rings is 1. The SMILES string of the molecule is COCCn1c(=O)c2c(-c3nc(C4(O)CCCC4)no3)ncn2c2ccccc21. The summed E-state index contributed by atoms with van der Waals surface area (Å²) in [5, 5.41) is 14.7. The van der Waals surface area contributed by atoms with Gasteiger partial charge >= 0.3 is 0 Å². The summed E-state index contributed by atoms with van der Waals surface area (Å²) in [6.07, 6.45) is 4.63. The van der Waals surface area contributed by atoms with Crippen LogP contribution in [0, 0.1) is 0 Å². The van der Waals surface area contributed by atoms with Crippen molar-refractivity contribution in [2.45, 2.75) is 37.8 Å². The maximum Gasteiger partial charge on any atom is 0.279 e. The van der Waals surface area contributed by atoms with Gasteiger partial charge in [-0.25, -0.2) is 4.98 Å². The van der Waals surface area contributed by atoms with E-state index in [1.165, 1.54) is 0 Å². The van der Waals surface area contributed by atoms with Gasteiger partial charge in [0, 0.05) is 13.7 Å². The zero-order chi connectivity index (χ0) is 20.0. The van der Waals surface area contributed by atoms with E-state index in [0.717, 1.165) is 23.9 Å². The number of fused-ring (bicyclic) bond motifs is 3. The van der Waals surface area contributed by atoms with Crippen LogP contribution in [0.2, 0.25) is 0 Å². The molecule has 0 saturated heterocycles. The van der Waals surface area contributed by atoms with E-state index in [2.05, 4.69) is 15.1 Å². The van der Waals surface area contributed by atoms with Crippen LogP contribution in [-0.2, 0) is 16.9 Å². The number of para-hydroxylation sites is 2. The highest BCUT2D eigenvalue weighted by Gasteiger charge is 2.38. The van der Waals surface area contributed by atoms with Crippen LogP contribution in [-0.4, -0.2) is 42.9 Å². The number of hydrogen-bond acceptors (Lipinski definition) is 7. The molecule has 3 aromatic heterocycles. The minimum absolute atomic E-state index is 0.133. The Hall–Kier alpha value is -3.04. The lowest BCUT2D eigenvalue weighted by Gasteiger charge is -2.16. The Balaban J connectivity index is 1.71. The van der Waals surface area contributed by atoms with Gasteiger partial charge in [0.05, 0.1) is 17.6 Å². The molecule has 4 aromatic rings. The van der Waals surface area contributed by atoms with E-state index in [0.29, 0.717) is 37.2 Å². The summed E-state index contributed by atoms with van der Waals surface area (Å²) in [6, 6.07) is 7.62. The number of rotatable bonds is 5. The van der Waals surface area contributed by atoms with Gasteiger partial charge in [-0.1, -0.05) is 17.3 Å². The third-order valence-corrected chi connectivity index (χ3v) is 5.64. The Labute approximate surface area is 165 Å². The van der Waals surface area contributed by atoms with Gasteiger partial charge in [-0.2, -0.15) is 4.98 Å². The lowest BCUT2D eigenvalue weighted by Crippen LogP contribution is -2.25. The van der Waals surface area contributed by atoms with Gasteiger partial charge in [0.2, 0.25) is 5.82 Å². The molecular formula is C20H21N5O4. The molecule has 1 N–H and O–H groups in total. The smallest absolute Gasteiger partial charge is 0.279 e. The van der Waals surface area contributed by atoms with Gasteiger partial charge in [-0.3, -0.25) is 9.20 Å². The molecule has 9 nitrogen and oxygen atoms in total. The summed E-state index contributed by atoms with van der Waals surface area (Å²) in [5.74, 6) is 0.389. The molecule has 0 unspecified atom stereocenters. The van der Waals surface area contributed by atoms with Crippen molar-refractivity contribution in [1.82, 2.24) is 24.1 Å². The number of nitrogens with zero attached hydrogens (tertiary/aromatic N) is 5. The maximum atomic E-state index is 13.3. The Bertz CT molecular complexity index is 1250. The van der Waals surface area contributed by atoms with E-state index < -0.39 is 5.60 Å². The molecule has 9 heteroatoms. The van der Waals surface area contributed by atoms with Crippen LogP contribution in [0.3, 0.4) is 0 Å². The largest absolute Gasteiger partial charge is 0.383 e. The fraction of sp³-hybridized carbons (Fsp3) is 0.400. The molecule has 0 aliphatic heterocycles. The van der Waals surface area contributed by atoms with Crippen LogP contribution in [0.25, 0.3) is 28.1 Å². The second-order valence-electron chi connectivity index (χ2n) is 7.41.